The number of isocyanates is 1. The maximum absolute atomic E-state index is 12.0. The molecule has 1 aromatic rings. The van der Waals surface area contributed by atoms with E-state index in [9.17, 15) is 18.4 Å². The summed E-state index contributed by atoms with van der Waals surface area (Å²) in [6, 6.07) is 0. The summed E-state index contributed by atoms with van der Waals surface area (Å²) in [4.78, 5) is 24.3. The molecule has 1 heterocycles. The zero-order valence-corrected chi connectivity index (χ0v) is 8.72. The molecule has 0 fully saturated rings. The lowest BCUT2D eigenvalue weighted by Crippen LogP contribution is -2.02. The molecule has 0 saturated heterocycles. The van der Waals surface area contributed by atoms with Gasteiger partial charge in [-0.2, -0.15) is 13.8 Å². The van der Waals surface area contributed by atoms with Gasteiger partial charge in [-0.05, 0) is 0 Å². The molecule has 1 aromatic heterocycles. The van der Waals surface area contributed by atoms with Gasteiger partial charge in [0.25, 0.3) is 0 Å². The largest absolute Gasteiger partial charge is 0.465 e. The molecule has 16 heavy (non-hydrogen) atoms. The van der Waals surface area contributed by atoms with Crippen LogP contribution in [0.25, 0.3) is 0 Å². The van der Waals surface area contributed by atoms with E-state index in [1.807, 2.05) is 0 Å². The highest BCUT2D eigenvalue weighted by Gasteiger charge is 2.21. The Hall–Kier alpha value is -1.79. The van der Waals surface area contributed by atoms with Crippen LogP contribution in [-0.2, 0) is 9.53 Å². The third-order valence-electron chi connectivity index (χ3n) is 1.48. The number of nitrogens with zero attached hydrogens (tertiary/aromatic N) is 1. The molecular weight excluding hydrogens is 244 g/mol. The van der Waals surface area contributed by atoms with Gasteiger partial charge in [0.2, 0.25) is 6.08 Å². The second-order valence-electron chi connectivity index (χ2n) is 2.35. The summed E-state index contributed by atoms with van der Waals surface area (Å²) < 4.78 is 32.4. The first kappa shape index (κ1) is 12.3. The number of hydrogen-bond donors (Lipinski definition) is 0. The van der Waals surface area contributed by atoms with Crippen molar-refractivity contribution in [3.63, 3.8) is 0 Å². The number of carbonyl (C=O) groups is 1. The summed E-state index contributed by atoms with van der Waals surface area (Å²) in [5.74, 6) is -1.15. The first-order valence-corrected chi connectivity index (χ1v) is 4.70. The molecule has 0 unspecified atom stereocenters. The van der Waals surface area contributed by atoms with Crippen molar-refractivity contribution in [1.29, 1.82) is 0 Å². The Morgan fingerprint density at radius 3 is 2.81 bits per heavy atom. The lowest BCUT2D eigenvalue weighted by Gasteiger charge is -2.02. The maximum Gasteiger partial charge on any atom is 0.387 e. The van der Waals surface area contributed by atoms with Crippen LogP contribution < -0.4 is 4.74 Å². The number of rotatable bonds is 4. The molecule has 0 N–H and O–H groups in total. The van der Waals surface area contributed by atoms with E-state index in [4.69, 9.17) is 0 Å². The lowest BCUT2D eigenvalue weighted by atomic mass is 10.4. The number of carbonyl (C=O) groups excluding carboxylic acids is 2. The van der Waals surface area contributed by atoms with Crippen LogP contribution in [-0.4, -0.2) is 25.8 Å². The van der Waals surface area contributed by atoms with E-state index in [0.717, 1.165) is 29.9 Å². The van der Waals surface area contributed by atoms with Crippen molar-refractivity contribution in [3.05, 3.63) is 10.3 Å². The van der Waals surface area contributed by atoms with Crippen LogP contribution in [0.5, 0.6) is 5.75 Å². The van der Waals surface area contributed by atoms with E-state index in [2.05, 4.69) is 14.5 Å². The molecule has 0 radical (unpaired) electrons. The summed E-state index contributed by atoms with van der Waals surface area (Å²) in [7, 11) is 1.12. The molecule has 0 saturated carbocycles. The Balaban J connectivity index is 3.16. The van der Waals surface area contributed by atoms with Gasteiger partial charge < -0.3 is 9.47 Å². The molecule has 0 spiro atoms. The van der Waals surface area contributed by atoms with Crippen LogP contribution in [0, 0.1) is 0 Å². The number of hydrogen-bond acceptors (Lipinski definition) is 6. The Morgan fingerprint density at radius 1 is 1.62 bits per heavy atom. The van der Waals surface area contributed by atoms with Crippen molar-refractivity contribution in [2.24, 2.45) is 4.99 Å². The number of aliphatic imine (C=N–C) groups is 1. The molecule has 0 atom stereocenters. The summed E-state index contributed by atoms with van der Waals surface area (Å²) in [5, 5.41) is 1.13. The highest BCUT2D eigenvalue weighted by atomic mass is 32.1. The van der Waals surface area contributed by atoms with Gasteiger partial charge in [0.15, 0.2) is 5.75 Å². The smallest absolute Gasteiger partial charge is 0.387 e. The van der Waals surface area contributed by atoms with E-state index < -0.39 is 12.6 Å². The van der Waals surface area contributed by atoms with Crippen LogP contribution in [0.1, 0.15) is 9.67 Å². The Labute approximate surface area is 92.3 Å². The number of esters is 1. The third kappa shape index (κ3) is 2.62. The second kappa shape index (κ2) is 5.34. The molecule has 1 rings (SSSR count). The highest BCUT2D eigenvalue weighted by Crippen LogP contribution is 2.38. The van der Waals surface area contributed by atoms with Crippen LogP contribution in [0.2, 0.25) is 0 Å². The molecule has 8 heteroatoms. The van der Waals surface area contributed by atoms with E-state index >= 15 is 0 Å². The van der Waals surface area contributed by atoms with Gasteiger partial charge in [0.05, 0.1) is 7.11 Å². The predicted molar refractivity (Wildman–Crippen MR) is 50.1 cm³/mol. The fraction of sp³-hybridized carbons (Fsp3) is 0.250. The van der Waals surface area contributed by atoms with Crippen molar-refractivity contribution in [2.75, 3.05) is 7.11 Å². The van der Waals surface area contributed by atoms with Crippen LogP contribution in [0.3, 0.4) is 0 Å². The monoisotopic (exact) mass is 249 g/mol. The van der Waals surface area contributed by atoms with E-state index in [-0.39, 0.29) is 16.3 Å². The third-order valence-corrected chi connectivity index (χ3v) is 2.40. The predicted octanol–water partition coefficient (Wildman–Crippen LogP) is 2.10. The van der Waals surface area contributed by atoms with E-state index in [1.165, 1.54) is 0 Å². The fourth-order valence-electron chi connectivity index (χ4n) is 0.905. The molecule has 0 aromatic carbocycles. The van der Waals surface area contributed by atoms with Gasteiger partial charge in [-0.15, -0.1) is 11.3 Å². The van der Waals surface area contributed by atoms with Crippen molar-refractivity contribution in [1.82, 2.24) is 0 Å². The van der Waals surface area contributed by atoms with E-state index in [1.54, 1.807) is 0 Å². The van der Waals surface area contributed by atoms with Crippen molar-refractivity contribution in [3.8, 4) is 5.75 Å². The van der Waals surface area contributed by atoms with Gasteiger partial charge in [0, 0.05) is 5.38 Å². The number of halogens is 2. The molecule has 5 nitrogen and oxygen atoms in total. The van der Waals surface area contributed by atoms with Crippen LogP contribution >= 0.6 is 11.3 Å². The molecular formula is C8H5F2NO4S. The number of methoxy groups -OCH3 is 1. The topological polar surface area (TPSA) is 65.0 Å². The van der Waals surface area contributed by atoms with Gasteiger partial charge >= 0.3 is 12.6 Å². The average Bonchev–Trinajstić information content (AvgIpc) is 2.61. The maximum atomic E-state index is 12.0. The second-order valence-corrected chi connectivity index (χ2v) is 3.23. The summed E-state index contributed by atoms with van der Waals surface area (Å²) >= 11 is 0.785. The molecule has 0 aliphatic carbocycles. The fourth-order valence-corrected chi connectivity index (χ4v) is 1.73. The molecule has 0 bridgehead atoms. The first-order valence-electron chi connectivity index (χ1n) is 3.82. The Bertz CT molecular complexity index is 439. The Morgan fingerprint density at radius 2 is 2.31 bits per heavy atom. The average molecular weight is 249 g/mol. The van der Waals surface area contributed by atoms with Crippen molar-refractivity contribution >= 4 is 29.1 Å². The van der Waals surface area contributed by atoms with Crippen LogP contribution in [0.15, 0.2) is 10.4 Å². The van der Waals surface area contributed by atoms with Crippen molar-refractivity contribution in [2.45, 2.75) is 6.61 Å². The van der Waals surface area contributed by atoms with Crippen molar-refractivity contribution < 1.29 is 27.8 Å². The van der Waals surface area contributed by atoms with Gasteiger partial charge in [0.1, 0.15) is 10.6 Å². The lowest BCUT2D eigenvalue weighted by molar-refractivity contribution is -0.0492. The molecule has 86 valence electrons. The normalized spacial score (nSPS) is 9.75. The van der Waals surface area contributed by atoms with Gasteiger partial charge in [-0.1, -0.05) is 0 Å². The number of ether oxygens (including phenoxy) is 2. The SMILES string of the molecule is COC(=O)c1scc(OC(F)F)c1N=C=O. The minimum Gasteiger partial charge on any atom is -0.465 e. The zero-order chi connectivity index (χ0) is 12.1. The summed E-state index contributed by atoms with van der Waals surface area (Å²) in [6.45, 7) is -3.07. The standard InChI is InChI=1S/C8H5F2NO4S/c1-14-7(13)6-5(11-3-12)4(2-16-6)15-8(9)10/h2,8H,1H3. The van der Waals surface area contributed by atoms with Gasteiger partial charge in [-0.3, -0.25) is 0 Å². The molecule has 0 amide bonds. The highest BCUT2D eigenvalue weighted by molar-refractivity contribution is 7.13. The minimum atomic E-state index is -3.07. The Kier molecular flexibility index (Phi) is 4.10. The summed E-state index contributed by atoms with van der Waals surface area (Å²) in [5.41, 5.74) is -0.299. The number of thiophene rings is 1. The van der Waals surface area contributed by atoms with Crippen LogP contribution in [0.4, 0.5) is 14.5 Å². The molecule has 0 aliphatic heterocycles. The van der Waals surface area contributed by atoms with E-state index in [0.29, 0.717) is 0 Å². The zero-order valence-electron chi connectivity index (χ0n) is 7.90. The first-order chi connectivity index (χ1) is 7.60. The number of alkyl halides is 2. The summed E-state index contributed by atoms with van der Waals surface area (Å²) in [6.07, 6.45) is 1.15. The minimum absolute atomic E-state index is 0.0958. The van der Waals surface area contributed by atoms with Gasteiger partial charge in [-0.25, -0.2) is 9.59 Å². The quantitative estimate of drug-likeness (QED) is 0.465. The molecule has 0 aliphatic rings.